The average molecular weight is 533 g/mol. The zero-order chi connectivity index (χ0) is 28.1. The van der Waals surface area contributed by atoms with E-state index in [0.717, 1.165) is 27.8 Å². The van der Waals surface area contributed by atoms with Gasteiger partial charge in [0.05, 0.1) is 16.9 Å². The molecule has 0 bridgehead atoms. The molecule has 0 unspecified atom stereocenters. The quantitative estimate of drug-likeness (QED) is 0.367. The molecular weight excluding hydrogens is 496 g/mol. The van der Waals surface area contributed by atoms with Crippen LogP contribution in [0.1, 0.15) is 50.8 Å². The summed E-state index contributed by atoms with van der Waals surface area (Å²) in [6.07, 6.45) is 1.24. The lowest BCUT2D eigenvalue weighted by atomic mass is 10.1. The maximum absolute atomic E-state index is 13.8. The summed E-state index contributed by atoms with van der Waals surface area (Å²) >= 11 is 0. The third-order valence-corrected chi connectivity index (χ3v) is 6.84. The molecular formula is C26H36N4O6S. The highest BCUT2D eigenvalue weighted by Gasteiger charge is 2.33. The fourth-order valence-corrected chi connectivity index (χ4v) is 4.74. The van der Waals surface area contributed by atoms with Crippen LogP contribution in [0, 0.1) is 24.0 Å². The fourth-order valence-electron chi connectivity index (χ4n) is 3.84. The molecule has 37 heavy (non-hydrogen) atoms. The number of amides is 2. The molecule has 2 aromatic carbocycles. The molecule has 0 saturated carbocycles. The maximum Gasteiger partial charge on any atom is 0.271 e. The molecule has 1 N–H and O–H groups in total. The number of benzene rings is 2. The van der Waals surface area contributed by atoms with E-state index in [1.165, 1.54) is 17.0 Å². The van der Waals surface area contributed by atoms with E-state index < -0.39 is 39.0 Å². The van der Waals surface area contributed by atoms with E-state index in [9.17, 15) is 28.1 Å². The highest BCUT2D eigenvalue weighted by Crippen LogP contribution is 2.28. The van der Waals surface area contributed by atoms with Crippen molar-refractivity contribution in [2.24, 2.45) is 0 Å². The van der Waals surface area contributed by atoms with Crippen molar-refractivity contribution in [2.75, 3.05) is 17.1 Å². The lowest BCUT2D eigenvalue weighted by Gasteiger charge is -2.34. The van der Waals surface area contributed by atoms with Gasteiger partial charge >= 0.3 is 0 Å². The SMILES string of the molecule is CC[C@H](C(=O)NC(C)(C)C)N(Cc1ccc(C)cc1)C(=O)CN(c1cc([N+](=O)[O-])ccc1C)S(C)(=O)=O. The number of rotatable bonds is 10. The van der Waals surface area contributed by atoms with Crippen molar-refractivity contribution in [1.82, 2.24) is 10.2 Å². The molecule has 0 aliphatic heterocycles. The van der Waals surface area contributed by atoms with Crippen molar-refractivity contribution in [3.63, 3.8) is 0 Å². The number of anilines is 1. The van der Waals surface area contributed by atoms with Crippen molar-refractivity contribution in [3.8, 4) is 0 Å². The van der Waals surface area contributed by atoms with Crippen LogP contribution in [0.3, 0.4) is 0 Å². The lowest BCUT2D eigenvalue weighted by molar-refractivity contribution is -0.384. The van der Waals surface area contributed by atoms with Gasteiger partial charge in [0.1, 0.15) is 12.6 Å². The van der Waals surface area contributed by atoms with Crippen LogP contribution >= 0.6 is 0 Å². The van der Waals surface area contributed by atoms with Crippen molar-refractivity contribution < 1.29 is 22.9 Å². The Morgan fingerprint density at radius 2 is 1.68 bits per heavy atom. The second-order valence-electron chi connectivity index (χ2n) is 10.2. The van der Waals surface area contributed by atoms with Gasteiger partial charge in [0, 0.05) is 24.2 Å². The number of nitrogens with zero attached hydrogens (tertiary/aromatic N) is 3. The van der Waals surface area contributed by atoms with Gasteiger partial charge in [-0.05, 0) is 52.2 Å². The largest absolute Gasteiger partial charge is 0.350 e. The molecule has 1 atom stereocenters. The van der Waals surface area contributed by atoms with Gasteiger partial charge in [-0.25, -0.2) is 8.42 Å². The Hall–Kier alpha value is -3.47. The minimum absolute atomic E-state index is 0.0347. The first-order chi connectivity index (χ1) is 17.0. The summed E-state index contributed by atoms with van der Waals surface area (Å²) in [6, 6.07) is 10.5. The van der Waals surface area contributed by atoms with Crippen molar-refractivity contribution in [1.29, 1.82) is 0 Å². The second kappa shape index (κ2) is 11.7. The number of carbonyl (C=O) groups excluding carboxylic acids is 2. The van der Waals surface area contributed by atoms with Crippen LogP contribution in [-0.4, -0.2) is 54.4 Å². The van der Waals surface area contributed by atoms with Crippen LogP contribution in [0.5, 0.6) is 0 Å². The number of sulfonamides is 1. The Morgan fingerprint density at radius 3 is 2.16 bits per heavy atom. The van der Waals surface area contributed by atoms with Crippen LogP contribution in [0.15, 0.2) is 42.5 Å². The van der Waals surface area contributed by atoms with E-state index >= 15 is 0 Å². The highest BCUT2D eigenvalue weighted by atomic mass is 32.2. The first kappa shape index (κ1) is 29.8. The number of hydrogen-bond acceptors (Lipinski definition) is 6. The van der Waals surface area contributed by atoms with Gasteiger partial charge in [-0.2, -0.15) is 0 Å². The fraction of sp³-hybridized carbons (Fsp3) is 0.462. The number of carbonyl (C=O) groups is 2. The molecule has 202 valence electrons. The Kier molecular flexibility index (Phi) is 9.43. The van der Waals surface area contributed by atoms with Gasteiger partial charge in [-0.15, -0.1) is 0 Å². The van der Waals surface area contributed by atoms with Crippen LogP contribution < -0.4 is 9.62 Å². The predicted molar refractivity (Wildman–Crippen MR) is 144 cm³/mol. The van der Waals surface area contributed by atoms with E-state index in [4.69, 9.17) is 0 Å². The molecule has 0 aliphatic rings. The molecule has 0 fully saturated rings. The zero-order valence-corrected chi connectivity index (χ0v) is 23.3. The summed E-state index contributed by atoms with van der Waals surface area (Å²) in [6.45, 7) is 10.3. The molecule has 0 aromatic heterocycles. The van der Waals surface area contributed by atoms with Gasteiger partial charge in [0.25, 0.3) is 5.69 Å². The van der Waals surface area contributed by atoms with E-state index in [1.807, 2.05) is 52.0 Å². The minimum atomic E-state index is -4.01. The standard InChI is InChI=1S/C26H36N4O6S/c1-8-22(25(32)27-26(4,5)6)28(16-20-12-9-18(2)10-13-20)24(31)17-29(37(7,35)36)23-15-21(30(33)34)14-11-19(23)3/h9-15,22H,8,16-17H2,1-7H3,(H,27,32)/t22-/m1/s1. The Bertz CT molecular complexity index is 1250. The summed E-state index contributed by atoms with van der Waals surface area (Å²) in [7, 11) is -4.01. The maximum atomic E-state index is 13.8. The topological polar surface area (TPSA) is 130 Å². The second-order valence-corrected chi connectivity index (χ2v) is 12.1. The molecule has 2 amide bonds. The lowest BCUT2D eigenvalue weighted by Crippen LogP contribution is -2.55. The minimum Gasteiger partial charge on any atom is -0.350 e. The molecule has 0 heterocycles. The third kappa shape index (κ3) is 8.28. The monoisotopic (exact) mass is 532 g/mol. The predicted octanol–water partition coefficient (Wildman–Crippen LogP) is 3.70. The smallest absolute Gasteiger partial charge is 0.271 e. The number of nitro groups is 1. The van der Waals surface area contributed by atoms with Crippen molar-refractivity contribution in [3.05, 3.63) is 69.3 Å². The van der Waals surface area contributed by atoms with E-state index in [0.29, 0.717) is 12.0 Å². The molecule has 0 radical (unpaired) electrons. The number of aryl methyl sites for hydroxylation is 2. The summed E-state index contributed by atoms with van der Waals surface area (Å²) < 4.78 is 26.4. The van der Waals surface area contributed by atoms with E-state index in [-0.39, 0.29) is 23.8 Å². The molecule has 2 aromatic rings. The van der Waals surface area contributed by atoms with Crippen molar-refractivity contribution >= 4 is 33.2 Å². The molecule has 11 heteroatoms. The van der Waals surface area contributed by atoms with Crippen LogP contribution in [-0.2, 0) is 26.2 Å². The summed E-state index contributed by atoms with van der Waals surface area (Å²) in [4.78, 5) is 39.0. The molecule has 10 nitrogen and oxygen atoms in total. The Balaban J connectivity index is 2.54. The summed E-state index contributed by atoms with van der Waals surface area (Å²) in [5.41, 5.74) is 1.46. The average Bonchev–Trinajstić information content (AvgIpc) is 2.77. The summed E-state index contributed by atoms with van der Waals surface area (Å²) in [5, 5.41) is 14.2. The van der Waals surface area contributed by atoms with Gasteiger partial charge in [-0.1, -0.05) is 42.8 Å². The highest BCUT2D eigenvalue weighted by molar-refractivity contribution is 7.92. The number of non-ortho nitro benzene ring substituents is 1. The molecule has 2 rings (SSSR count). The number of nitro benzene ring substituents is 1. The van der Waals surface area contributed by atoms with Crippen LogP contribution in [0.2, 0.25) is 0 Å². The van der Waals surface area contributed by atoms with Crippen LogP contribution in [0.25, 0.3) is 0 Å². The first-order valence-electron chi connectivity index (χ1n) is 11.9. The van der Waals surface area contributed by atoms with Gasteiger partial charge in [-0.3, -0.25) is 24.0 Å². The van der Waals surface area contributed by atoms with Gasteiger partial charge in [0.15, 0.2) is 0 Å². The van der Waals surface area contributed by atoms with Gasteiger partial charge in [0.2, 0.25) is 21.8 Å². The Labute approximate surface area is 218 Å². The molecule has 0 spiro atoms. The normalized spacial score (nSPS) is 12.5. The molecule has 0 aliphatic carbocycles. The van der Waals surface area contributed by atoms with E-state index in [1.54, 1.807) is 13.8 Å². The zero-order valence-electron chi connectivity index (χ0n) is 22.4. The number of hydrogen-bond donors (Lipinski definition) is 1. The Morgan fingerprint density at radius 1 is 1.08 bits per heavy atom. The van der Waals surface area contributed by atoms with Crippen LogP contribution in [0.4, 0.5) is 11.4 Å². The van der Waals surface area contributed by atoms with E-state index in [2.05, 4.69) is 5.32 Å². The number of nitrogens with one attached hydrogen (secondary N) is 1. The van der Waals surface area contributed by atoms with Gasteiger partial charge < -0.3 is 10.2 Å². The third-order valence-electron chi connectivity index (χ3n) is 5.71. The molecule has 0 saturated heterocycles. The first-order valence-corrected chi connectivity index (χ1v) is 13.8. The van der Waals surface area contributed by atoms with Crippen molar-refractivity contribution in [2.45, 2.75) is 66.1 Å². The summed E-state index contributed by atoms with van der Waals surface area (Å²) in [5.74, 6) is -0.958.